The van der Waals surface area contributed by atoms with Gasteiger partial charge in [-0.15, -0.1) is 0 Å². The van der Waals surface area contributed by atoms with E-state index in [1.165, 1.54) is 17.7 Å². The molecule has 0 bridgehead atoms. The summed E-state index contributed by atoms with van der Waals surface area (Å²) in [4.78, 5) is 0. The Morgan fingerprint density at radius 2 is 1.71 bits per heavy atom. The first-order valence-corrected chi connectivity index (χ1v) is 7.48. The molecule has 2 nitrogen and oxygen atoms in total. The normalized spacial score (nSPS) is 19.7. The van der Waals surface area contributed by atoms with Gasteiger partial charge in [-0.25, -0.2) is 4.39 Å². The number of halogens is 1. The fourth-order valence-corrected chi connectivity index (χ4v) is 3.05. The van der Waals surface area contributed by atoms with Crippen molar-refractivity contribution in [2.45, 2.75) is 38.5 Å². The lowest BCUT2D eigenvalue weighted by atomic mass is 9.85. The molecule has 0 fully saturated rings. The van der Waals surface area contributed by atoms with Crippen molar-refractivity contribution >= 4 is 5.69 Å². The third kappa shape index (κ3) is 2.42. The van der Waals surface area contributed by atoms with Crippen molar-refractivity contribution in [3.8, 4) is 0 Å². The number of hydrogen-bond acceptors (Lipinski definition) is 2. The van der Waals surface area contributed by atoms with Gasteiger partial charge in [0, 0.05) is 16.8 Å². The largest absolute Gasteiger partial charge is 0.356 e. The third-order valence-electron chi connectivity index (χ3n) is 4.36. The standard InChI is InChI=1S/C18H20FNO/c1-3-18(4-2)15-7-5-6-8-16(15)20-17(21-18)13-9-11-14(19)12-10-13/h5-12,17,20H,3-4H2,1-2H3/t17-/m0/s1. The maximum Gasteiger partial charge on any atom is 0.155 e. The van der Waals surface area contributed by atoms with Gasteiger partial charge < -0.3 is 10.1 Å². The highest BCUT2D eigenvalue weighted by Gasteiger charge is 2.38. The number of benzene rings is 2. The van der Waals surface area contributed by atoms with Crippen LogP contribution < -0.4 is 5.32 Å². The zero-order valence-corrected chi connectivity index (χ0v) is 12.4. The molecule has 0 unspecified atom stereocenters. The van der Waals surface area contributed by atoms with Crippen molar-refractivity contribution in [1.29, 1.82) is 0 Å². The Hall–Kier alpha value is -1.87. The number of nitrogens with one attached hydrogen (secondary N) is 1. The summed E-state index contributed by atoms with van der Waals surface area (Å²) in [6.07, 6.45) is 1.56. The van der Waals surface area contributed by atoms with Crippen LogP contribution >= 0.6 is 0 Å². The van der Waals surface area contributed by atoms with Crippen LogP contribution in [0.3, 0.4) is 0 Å². The average Bonchev–Trinajstić information content (AvgIpc) is 2.54. The van der Waals surface area contributed by atoms with Gasteiger partial charge in [0.2, 0.25) is 0 Å². The van der Waals surface area contributed by atoms with E-state index in [9.17, 15) is 4.39 Å². The van der Waals surface area contributed by atoms with Crippen molar-refractivity contribution < 1.29 is 9.13 Å². The molecule has 1 aliphatic heterocycles. The van der Waals surface area contributed by atoms with E-state index in [0.29, 0.717) is 0 Å². The van der Waals surface area contributed by atoms with Crippen molar-refractivity contribution in [3.05, 3.63) is 65.5 Å². The molecule has 1 N–H and O–H groups in total. The highest BCUT2D eigenvalue weighted by molar-refractivity contribution is 5.56. The molecule has 1 atom stereocenters. The number of para-hydroxylation sites is 1. The molecule has 1 aliphatic rings. The van der Waals surface area contributed by atoms with Crippen molar-refractivity contribution in [2.75, 3.05) is 5.32 Å². The fraction of sp³-hybridized carbons (Fsp3) is 0.333. The molecule has 110 valence electrons. The zero-order chi connectivity index (χ0) is 14.9. The van der Waals surface area contributed by atoms with Crippen LogP contribution in [0.1, 0.15) is 44.0 Å². The third-order valence-corrected chi connectivity index (χ3v) is 4.36. The molecule has 21 heavy (non-hydrogen) atoms. The Morgan fingerprint density at radius 1 is 1.05 bits per heavy atom. The van der Waals surface area contributed by atoms with Crippen molar-refractivity contribution in [2.24, 2.45) is 0 Å². The first-order valence-electron chi connectivity index (χ1n) is 7.48. The van der Waals surface area contributed by atoms with E-state index >= 15 is 0 Å². The average molecular weight is 285 g/mol. The van der Waals surface area contributed by atoms with Gasteiger partial charge in [-0.3, -0.25) is 0 Å². The number of hydrogen-bond donors (Lipinski definition) is 1. The van der Waals surface area contributed by atoms with E-state index in [4.69, 9.17) is 4.74 Å². The molecule has 0 amide bonds. The van der Waals surface area contributed by atoms with E-state index in [2.05, 4.69) is 31.3 Å². The summed E-state index contributed by atoms with van der Waals surface area (Å²) < 4.78 is 19.5. The van der Waals surface area contributed by atoms with Gasteiger partial charge >= 0.3 is 0 Å². The van der Waals surface area contributed by atoms with Crippen LogP contribution in [0.15, 0.2) is 48.5 Å². The lowest BCUT2D eigenvalue weighted by Gasteiger charge is -2.43. The van der Waals surface area contributed by atoms with Gasteiger partial charge in [-0.1, -0.05) is 44.2 Å². The van der Waals surface area contributed by atoms with E-state index in [1.807, 2.05) is 12.1 Å². The van der Waals surface area contributed by atoms with Gasteiger partial charge in [0.25, 0.3) is 0 Å². The second-order valence-corrected chi connectivity index (χ2v) is 5.44. The fourth-order valence-electron chi connectivity index (χ4n) is 3.05. The second kappa shape index (κ2) is 5.49. The maximum absolute atomic E-state index is 13.1. The number of anilines is 1. The van der Waals surface area contributed by atoms with E-state index < -0.39 is 0 Å². The summed E-state index contributed by atoms with van der Waals surface area (Å²) in [6.45, 7) is 4.29. The highest BCUT2D eigenvalue weighted by Crippen LogP contribution is 2.45. The van der Waals surface area contributed by atoms with Gasteiger partial charge in [-0.2, -0.15) is 0 Å². The Bertz CT molecular complexity index is 619. The van der Waals surface area contributed by atoms with Gasteiger partial charge in [0.1, 0.15) is 5.82 Å². The Labute approximate surface area is 125 Å². The van der Waals surface area contributed by atoms with E-state index in [1.54, 1.807) is 12.1 Å². The predicted octanol–water partition coefficient (Wildman–Crippen LogP) is 4.98. The Kier molecular flexibility index (Phi) is 3.68. The first-order chi connectivity index (χ1) is 10.2. The Morgan fingerprint density at radius 3 is 2.38 bits per heavy atom. The zero-order valence-electron chi connectivity index (χ0n) is 12.4. The van der Waals surface area contributed by atoms with Crippen LogP contribution in [0, 0.1) is 5.82 Å². The summed E-state index contributed by atoms with van der Waals surface area (Å²) in [5, 5.41) is 3.41. The lowest BCUT2D eigenvalue weighted by Crippen LogP contribution is -2.37. The minimum Gasteiger partial charge on any atom is -0.356 e. The molecule has 2 aromatic carbocycles. The smallest absolute Gasteiger partial charge is 0.155 e. The predicted molar refractivity (Wildman–Crippen MR) is 82.6 cm³/mol. The molecular formula is C18H20FNO. The SMILES string of the molecule is CCC1(CC)O[C@@H](c2ccc(F)cc2)Nc2ccccc21. The molecule has 0 aliphatic carbocycles. The molecule has 3 rings (SSSR count). The van der Waals surface area contributed by atoms with Crippen LogP contribution in [0.2, 0.25) is 0 Å². The molecule has 0 radical (unpaired) electrons. The highest BCUT2D eigenvalue weighted by atomic mass is 19.1. The molecule has 1 heterocycles. The quantitative estimate of drug-likeness (QED) is 0.858. The molecular weight excluding hydrogens is 265 g/mol. The van der Waals surface area contributed by atoms with Gasteiger partial charge in [-0.05, 0) is 31.0 Å². The molecule has 0 saturated heterocycles. The molecule has 0 saturated carbocycles. The number of rotatable bonds is 3. The minimum absolute atomic E-state index is 0.229. The maximum atomic E-state index is 13.1. The summed E-state index contributed by atoms with van der Waals surface area (Å²) in [5.74, 6) is -0.229. The lowest BCUT2D eigenvalue weighted by molar-refractivity contribution is -0.103. The summed E-state index contributed by atoms with van der Waals surface area (Å²) in [5.41, 5.74) is 2.95. The van der Waals surface area contributed by atoms with E-state index in [-0.39, 0.29) is 17.6 Å². The van der Waals surface area contributed by atoms with Crippen LogP contribution in [-0.2, 0) is 10.3 Å². The monoisotopic (exact) mass is 285 g/mol. The summed E-state index contributed by atoms with van der Waals surface area (Å²) in [6, 6.07) is 14.8. The van der Waals surface area contributed by atoms with Crippen LogP contribution in [0.5, 0.6) is 0 Å². The summed E-state index contributed by atoms with van der Waals surface area (Å²) in [7, 11) is 0. The van der Waals surface area contributed by atoms with Crippen LogP contribution in [0.25, 0.3) is 0 Å². The minimum atomic E-state index is -0.291. The second-order valence-electron chi connectivity index (χ2n) is 5.44. The molecule has 3 heteroatoms. The van der Waals surface area contributed by atoms with Crippen molar-refractivity contribution in [3.63, 3.8) is 0 Å². The van der Waals surface area contributed by atoms with E-state index in [0.717, 1.165) is 24.1 Å². The molecule has 0 aromatic heterocycles. The topological polar surface area (TPSA) is 21.3 Å². The molecule has 2 aromatic rings. The molecule has 0 spiro atoms. The van der Waals surface area contributed by atoms with Gasteiger partial charge in [0.15, 0.2) is 6.23 Å². The summed E-state index contributed by atoms with van der Waals surface area (Å²) >= 11 is 0. The number of fused-ring (bicyclic) bond motifs is 1. The van der Waals surface area contributed by atoms with Crippen molar-refractivity contribution in [1.82, 2.24) is 0 Å². The van der Waals surface area contributed by atoms with Crippen LogP contribution in [-0.4, -0.2) is 0 Å². The number of ether oxygens (including phenoxy) is 1. The Balaban J connectivity index is 2.03. The van der Waals surface area contributed by atoms with Gasteiger partial charge in [0.05, 0.1) is 5.60 Å². The first kappa shape index (κ1) is 14.1. The van der Waals surface area contributed by atoms with Crippen LogP contribution in [0.4, 0.5) is 10.1 Å².